The number of ether oxygens (including phenoxy) is 2. The predicted molar refractivity (Wildman–Crippen MR) is 139 cm³/mol. The van der Waals surface area contributed by atoms with Crippen LogP contribution in [0.15, 0.2) is 71.5 Å². The zero-order valence-corrected chi connectivity index (χ0v) is 22.0. The molecule has 35 heavy (non-hydrogen) atoms. The molecule has 1 radical (unpaired) electrons. The number of nitrogens with one attached hydrogen (secondary N) is 2. The Hall–Kier alpha value is -2.91. The summed E-state index contributed by atoms with van der Waals surface area (Å²) in [7, 11) is 3.02. The number of isothiocyanates is 2. The van der Waals surface area contributed by atoms with Gasteiger partial charge in [0.05, 0.1) is 14.2 Å². The molecule has 187 valence electrons. The molecule has 0 spiro atoms. The predicted octanol–water partition coefficient (Wildman–Crippen LogP) is 3.90. The van der Waals surface area contributed by atoms with Crippen molar-refractivity contribution < 1.29 is 35.8 Å². The minimum Gasteiger partial charge on any atom is -0.753 e. The number of carbonyl (C=O) groups excluding carboxylic acids is 2. The third-order valence-corrected chi connectivity index (χ3v) is 4.56. The van der Waals surface area contributed by atoms with Crippen molar-refractivity contribution in [3.63, 3.8) is 0 Å². The average Bonchev–Trinajstić information content (AvgIpc) is 3.75. The monoisotopic (exact) mass is 557 g/mol. The molecular formula is C24H26CoN4O4S2. The molecule has 0 saturated heterocycles. The molecule has 0 atom stereocenters. The van der Waals surface area contributed by atoms with E-state index < -0.39 is 0 Å². The van der Waals surface area contributed by atoms with Gasteiger partial charge in [-0.15, -0.1) is 0 Å². The number of Topliss-reactive ketones (excluding diaryl/α,β-unsaturated/α-hetero) is 2. The minimum absolute atomic E-state index is 0. The molecule has 4 rings (SSSR count). The maximum atomic E-state index is 11.6. The van der Waals surface area contributed by atoms with Crippen molar-refractivity contribution in [2.75, 3.05) is 14.2 Å². The van der Waals surface area contributed by atoms with Crippen molar-refractivity contribution in [3.8, 4) is 0 Å². The summed E-state index contributed by atoms with van der Waals surface area (Å²) < 4.78 is 9.90. The molecule has 4 aliphatic rings. The topological polar surface area (TPSA) is 121 Å². The van der Waals surface area contributed by atoms with Gasteiger partial charge in [-0.1, -0.05) is 36.6 Å². The number of methoxy groups -OCH3 is 2. The fraction of sp³-hybridized carbons (Fsp3) is 0.333. The van der Waals surface area contributed by atoms with Crippen LogP contribution in [-0.4, -0.2) is 48.2 Å². The van der Waals surface area contributed by atoms with Crippen molar-refractivity contribution >= 4 is 46.3 Å². The summed E-state index contributed by atoms with van der Waals surface area (Å²) in [5.41, 5.74) is 1.33. The zero-order valence-electron chi connectivity index (χ0n) is 19.3. The van der Waals surface area contributed by atoms with Gasteiger partial charge in [-0.2, -0.15) is 10.3 Å². The van der Waals surface area contributed by atoms with E-state index in [0.717, 1.165) is 0 Å². The second kappa shape index (κ2) is 18.4. The standard InChI is InChI=1S/2C11H13NO2.2CNS.Co/c2*1-14-10-4-2-3-8(11(10)13)7-12-9-5-6-9;2*2-1-3;/h2*2-4,7,9,12H,5-6H2,1H3;;;/q;;2*-1;+2/b2*8-7-;;;. The van der Waals surface area contributed by atoms with E-state index in [0.29, 0.717) is 34.7 Å². The second-order valence-electron chi connectivity index (χ2n) is 7.11. The minimum atomic E-state index is -0.0526. The first kappa shape index (κ1) is 32.1. The summed E-state index contributed by atoms with van der Waals surface area (Å²) >= 11 is 7.40. The van der Waals surface area contributed by atoms with Crippen LogP contribution < -0.4 is 10.6 Å². The van der Waals surface area contributed by atoms with Crippen LogP contribution in [0.1, 0.15) is 25.7 Å². The van der Waals surface area contributed by atoms with Gasteiger partial charge in [-0.25, -0.2) is 0 Å². The summed E-state index contributed by atoms with van der Waals surface area (Å²) in [4.78, 5) is 23.3. The summed E-state index contributed by atoms with van der Waals surface area (Å²) in [6.07, 6.45) is 19.0. The smallest absolute Gasteiger partial charge is 0.753 e. The molecule has 0 bridgehead atoms. The first-order valence-electron chi connectivity index (χ1n) is 10.3. The molecule has 0 aromatic rings. The molecule has 4 aliphatic carbocycles. The number of rotatable bonds is 6. The third-order valence-electron chi connectivity index (χ3n) is 4.56. The van der Waals surface area contributed by atoms with E-state index in [1.807, 2.05) is 12.2 Å². The van der Waals surface area contributed by atoms with Gasteiger partial charge in [0, 0.05) is 35.6 Å². The summed E-state index contributed by atoms with van der Waals surface area (Å²) in [5, 5.41) is 23.3. The summed E-state index contributed by atoms with van der Waals surface area (Å²) in [6.45, 7) is 0. The summed E-state index contributed by atoms with van der Waals surface area (Å²) in [5.74, 6) is 0.694. The normalized spacial score (nSPS) is 19.4. The Morgan fingerprint density at radius 2 is 1.14 bits per heavy atom. The molecule has 0 aromatic heterocycles. The van der Waals surface area contributed by atoms with Gasteiger partial charge in [-0.05, 0) is 50.0 Å². The van der Waals surface area contributed by atoms with E-state index >= 15 is 0 Å². The molecular weight excluding hydrogens is 531 g/mol. The van der Waals surface area contributed by atoms with Gasteiger partial charge in [0.25, 0.3) is 0 Å². The maximum absolute atomic E-state index is 11.6. The molecule has 0 aromatic carbocycles. The van der Waals surface area contributed by atoms with E-state index in [4.69, 9.17) is 20.3 Å². The average molecular weight is 558 g/mol. The molecule has 2 saturated carbocycles. The van der Waals surface area contributed by atoms with Crippen LogP contribution in [0, 0.1) is 0 Å². The maximum Gasteiger partial charge on any atom is 2.00 e. The van der Waals surface area contributed by atoms with E-state index in [2.05, 4.69) is 35.1 Å². The van der Waals surface area contributed by atoms with E-state index in [1.165, 1.54) is 50.2 Å². The molecule has 0 aliphatic heterocycles. The van der Waals surface area contributed by atoms with Crippen LogP contribution in [-0.2, 0) is 35.8 Å². The number of allylic oxidation sites excluding steroid dienone is 8. The Kier molecular flexibility index (Phi) is 16.9. The van der Waals surface area contributed by atoms with E-state index in [-0.39, 0.29) is 28.3 Å². The zero-order chi connectivity index (χ0) is 25.3. The van der Waals surface area contributed by atoms with Crippen molar-refractivity contribution in [2.24, 2.45) is 0 Å². The quantitative estimate of drug-likeness (QED) is 0.287. The largest absolute Gasteiger partial charge is 2.00 e. The Labute approximate surface area is 226 Å². The molecule has 0 unspecified atom stereocenters. The van der Waals surface area contributed by atoms with Crippen LogP contribution in [0.4, 0.5) is 0 Å². The van der Waals surface area contributed by atoms with Gasteiger partial charge in [-0.3, -0.25) is 9.59 Å². The van der Waals surface area contributed by atoms with Gasteiger partial charge < -0.3 is 30.9 Å². The number of hydrogen-bond acceptors (Lipinski definition) is 8. The molecule has 0 heterocycles. The fourth-order valence-corrected chi connectivity index (χ4v) is 2.53. The first-order chi connectivity index (χ1) is 16.4. The number of hydrogen-bond donors (Lipinski definition) is 2. The van der Waals surface area contributed by atoms with Crippen molar-refractivity contribution in [2.45, 2.75) is 37.8 Å². The van der Waals surface area contributed by atoms with Crippen LogP contribution in [0.2, 0.25) is 0 Å². The van der Waals surface area contributed by atoms with Crippen molar-refractivity contribution in [3.05, 3.63) is 82.3 Å². The first-order valence-corrected chi connectivity index (χ1v) is 11.2. The molecule has 2 fully saturated rings. The Balaban J connectivity index is 0.000000528. The Morgan fingerprint density at radius 1 is 0.829 bits per heavy atom. The molecule has 0 amide bonds. The number of ketones is 2. The number of nitrogens with zero attached hydrogens (tertiary/aromatic N) is 2. The third kappa shape index (κ3) is 12.9. The number of carbonyl (C=O) groups is 2. The second-order valence-corrected chi connectivity index (χ2v) is 7.48. The van der Waals surface area contributed by atoms with Crippen molar-refractivity contribution in [1.82, 2.24) is 10.6 Å². The van der Waals surface area contributed by atoms with Crippen LogP contribution in [0.3, 0.4) is 0 Å². The fourth-order valence-electron chi connectivity index (χ4n) is 2.53. The molecule has 11 heteroatoms. The van der Waals surface area contributed by atoms with Gasteiger partial charge in [0.1, 0.15) is 0 Å². The molecule has 8 nitrogen and oxygen atoms in total. The Bertz CT molecular complexity index is 915. The Morgan fingerprint density at radius 3 is 1.40 bits per heavy atom. The summed E-state index contributed by atoms with van der Waals surface area (Å²) in [6, 6.07) is 1.14. The van der Waals surface area contributed by atoms with Crippen LogP contribution in [0.5, 0.6) is 0 Å². The van der Waals surface area contributed by atoms with Gasteiger partial charge in [0.15, 0.2) is 11.5 Å². The van der Waals surface area contributed by atoms with Gasteiger partial charge >= 0.3 is 16.8 Å². The van der Waals surface area contributed by atoms with E-state index in [1.54, 1.807) is 36.7 Å². The van der Waals surface area contributed by atoms with Crippen LogP contribution in [0.25, 0.3) is 10.8 Å². The number of thiocarbonyl (C=S) groups is 2. The van der Waals surface area contributed by atoms with Gasteiger partial charge in [0.2, 0.25) is 11.6 Å². The molecule has 2 N–H and O–H groups in total. The van der Waals surface area contributed by atoms with E-state index in [9.17, 15) is 9.59 Å². The SMILES string of the molecule is COC1=CC=C/C(=C/NC2CC2)C1=O.COC1=CC=C/C(=C/NC2CC2)C1=O.[Co+2].[N-]=C=S.[N-]=C=S. The van der Waals surface area contributed by atoms with Crippen molar-refractivity contribution in [1.29, 1.82) is 0 Å². The van der Waals surface area contributed by atoms with Crippen LogP contribution >= 0.6 is 24.4 Å².